The molecule has 0 saturated heterocycles. The Morgan fingerprint density at radius 2 is 2.00 bits per heavy atom. The summed E-state index contributed by atoms with van der Waals surface area (Å²) in [6.07, 6.45) is 0. The minimum atomic E-state index is -1.49. The molecule has 5 heteroatoms. The van der Waals surface area contributed by atoms with Gasteiger partial charge in [-0.15, -0.1) is 0 Å². The lowest BCUT2D eigenvalue weighted by Crippen LogP contribution is -2.11. The molecule has 0 spiro atoms. The van der Waals surface area contributed by atoms with Crippen molar-refractivity contribution in [2.75, 3.05) is 5.75 Å². The molecule has 0 bridgehead atoms. The fourth-order valence-electron chi connectivity index (χ4n) is 1.46. The SMILES string of the molecule is NC1CS(=O)c2c(F)ccc(F)c21. The lowest BCUT2D eigenvalue weighted by molar-refractivity contribution is 0.553. The Bertz CT molecular complexity index is 394. The van der Waals surface area contributed by atoms with E-state index in [-0.39, 0.29) is 16.2 Å². The van der Waals surface area contributed by atoms with Crippen LogP contribution in [0.3, 0.4) is 0 Å². The molecule has 1 aromatic carbocycles. The first-order valence-electron chi connectivity index (χ1n) is 3.73. The Morgan fingerprint density at radius 3 is 2.62 bits per heavy atom. The van der Waals surface area contributed by atoms with Gasteiger partial charge in [0.05, 0.1) is 15.7 Å². The summed E-state index contributed by atoms with van der Waals surface area (Å²) in [5.41, 5.74) is 5.57. The van der Waals surface area contributed by atoms with Crippen LogP contribution in [-0.2, 0) is 10.8 Å². The fourth-order valence-corrected chi connectivity index (χ4v) is 2.89. The summed E-state index contributed by atoms with van der Waals surface area (Å²) in [6, 6.07) is 1.34. The van der Waals surface area contributed by atoms with Gasteiger partial charge in [0, 0.05) is 17.4 Å². The highest BCUT2D eigenvalue weighted by molar-refractivity contribution is 7.85. The van der Waals surface area contributed by atoms with E-state index < -0.39 is 28.5 Å². The van der Waals surface area contributed by atoms with E-state index in [0.29, 0.717) is 0 Å². The van der Waals surface area contributed by atoms with E-state index in [2.05, 4.69) is 0 Å². The van der Waals surface area contributed by atoms with Crippen molar-refractivity contribution >= 4 is 10.8 Å². The van der Waals surface area contributed by atoms with E-state index in [9.17, 15) is 13.0 Å². The maximum absolute atomic E-state index is 13.1. The minimum absolute atomic E-state index is 0.0625. The van der Waals surface area contributed by atoms with Crippen molar-refractivity contribution in [3.63, 3.8) is 0 Å². The average molecular weight is 203 g/mol. The zero-order valence-corrected chi connectivity index (χ0v) is 7.41. The number of nitrogens with two attached hydrogens (primary N) is 1. The van der Waals surface area contributed by atoms with Crippen LogP contribution in [0.2, 0.25) is 0 Å². The molecule has 1 aromatic rings. The molecule has 2 N–H and O–H groups in total. The summed E-state index contributed by atoms with van der Waals surface area (Å²) in [4.78, 5) is -0.0625. The average Bonchev–Trinajstić information content (AvgIpc) is 2.36. The third kappa shape index (κ3) is 1.19. The molecule has 0 aliphatic carbocycles. The Kier molecular flexibility index (Phi) is 1.92. The van der Waals surface area contributed by atoms with Gasteiger partial charge in [-0.1, -0.05) is 0 Å². The first kappa shape index (κ1) is 8.77. The number of rotatable bonds is 0. The molecule has 2 atom stereocenters. The third-order valence-corrected chi connectivity index (χ3v) is 3.56. The van der Waals surface area contributed by atoms with Crippen LogP contribution in [0.25, 0.3) is 0 Å². The van der Waals surface area contributed by atoms with Gasteiger partial charge in [0.15, 0.2) is 0 Å². The van der Waals surface area contributed by atoms with Gasteiger partial charge in [-0.2, -0.15) is 0 Å². The molecule has 1 heterocycles. The van der Waals surface area contributed by atoms with Crippen LogP contribution >= 0.6 is 0 Å². The van der Waals surface area contributed by atoms with E-state index in [4.69, 9.17) is 5.73 Å². The Morgan fingerprint density at radius 1 is 1.38 bits per heavy atom. The van der Waals surface area contributed by atoms with Crippen molar-refractivity contribution in [2.24, 2.45) is 5.73 Å². The predicted molar refractivity (Wildman–Crippen MR) is 44.6 cm³/mol. The normalized spacial score (nSPS) is 26.1. The predicted octanol–water partition coefficient (Wildman–Crippen LogP) is 1.09. The summed E-state index contributed by atoms with van der Waals surface area (Å²) in [5, 5.41) is 0. The molecular weight excluding hydrogens is 196 g/mol. The quantitative estimate of drug-likeness (QED) is 0.685. The van der Waals surface area contributed by atoms with Crippen molar-refractivity contribution in [1.82, 2.24) is 0 Å². The maximum atomic E-state index is 13.1. The topological polar surface area (TPSA) is 43.1 Å². The highest BCUT2D eigenvalue weighted by atomic mass is 32.2. The van der Waals surface area contributed by atoms with Crippen molar-refractivity contribution in [3.05, 3.63) is 29.3 Å². The Labute approximate surface area is 76.2 Å². The van der Waals surface area contributed by atoms with E-state index >= 15 is 0 Å². The third-order valence-electron chi connectivity index (χ3n) is 2.02. The molecule has 70 valence electrons. The van der Waals surface area contributed by atoms with Crippen LogP contribution in [0.5, 0.6) is 0 Å². The van der Waals surface area contributed by atoms with Gasteiger partial charge >= 0.3 is 0 Å². The van der Waals surface area contributed by atoms with E-state index in [0.717, 1.165) is 12.1 Å². The van der Waals surface area contributed by atoms with Crippen LogP contribution in [-0.4, -0.2) is 9.96 Å². The van der Waals surface area contributed by atoms with Crippen molar-refractivity contribution in [2.45, 2.75) is 10.9 Å². The van der Waals surface area contributed by atoms with Gasteiger partial charge in [-0.25, -0.2) is 8.78 Å². The maximum Gasteiger partial charge on any atom is 0.139 e. The first-order chi connectivity index (χ1) is 6.11. The highest BCUT2D eigenvalue weighted by Gasteiger charge is 2.31. The monoisotopic (exact) mass is 203 g/mol. The molecule has 2 unspecified atom stereocenters. The molecule has 0 saturated carbocycles. The Balaban J connectivity index is 2.74. The molecule has 0 aromatic heterocycles. The summed E-state index contributed by atoms with van der Waals surface area (Å²) >= 11 is 0. The first-order valence-corrected chi connectivity index (χ1v) is 5.05. The second-order valence-electron chi connectivity index (χ2n) is 2.89. The molecule has 2 rings (SSSR count). The van der Waals surface area contributed by atoms with Gasteiger partial charge < -0.3 is 5.73 Å². The minimum Gasteiger partial charge on any atom is -0.323 e. The second-order valence-corrected chi connectivity index (χ2v) is 4.32. The lowest BCUT2D eigenvalue weighted by atomic mass is 10.1. The summed E-state index contributed by atoms with van der Waals surface area (Å²) in [6.45, 7) is 0. The molecular formula is C8H7F2NOS. The fraction of sp³-hybridized carbons (Fsp3) is 0.250. The van der Waals surface area contributed by atoms with Gasteiger partial charge in [0.1, 0.15) is 11.6 Å². The zero-order valence-electron chi connectivity index (χ0n) is 6.59. The summed E-state index contributed by atoms with van der Waals surface area (Å²) < 4.78 is 37.5. The second kappa shape index (κ2) is 2.85. The molecule has 2 nitrogen and oxygen atoms in total. The van der Waals surface area contributed by atoms with Gasteiger partial charge in [-0.3, -0.25) is 4.21 Å². The van der Waals surface area contributed by atoms with Crippen LogP contribution < -0.4 is 5.73 Å². The van der Waals surface area contributed by atoms with Gasteiger partial charge in [0.2, 0.25) is 0 Å². The van der Waals surface area contributed by atoms with Crippen LogP contribution in [0, 0.1) is 11.6 Å². The smallest absolute Gasteiger partial charge is 0.139 e. The number of halogens is 2. The molecule has 0 fully saturated rings. The number of hydrogen-bond donors (Lipinski definition) is 1. The number of benzene rings is 1. The zero-order chi connectivity index (χ0) is 9.59. The van der Waals surface area contributed by atoms with Crippen molar-refractivity contribution in [1.29, 1.82) is 0 Å². The van der Waals surface area contributed by atoms with Crippen LogP contribution in [0.4, 0.5) is 8.78 Å². The Hall–Kier alpha value is -0.810. The molecule has 1 aliphatic heterocycles. The van der Waals surface area contributed by atoms with Crippen LogP contribution in [0.1, 0.15) is 11.6 Å². The van der Waals surface area contributed by atoms with Crippen molar-refractivity contribution < 1.29 is 13.0 Å². The van der Waals surface area contributed by atoms with Crippen molar-refractivity contribution in [3.8, 4) is 0 Å². The summed E-state index contributed by atoms with van der Waals surface area (Å²) in [7, 11) is -1.49. The standard InChI is InChI=1S/C8H7F2NOS/c9-4-1-2-5(10)8-7(4)6(11)3-13(8)12/h1-2,6H,3,11H2. The largest absolute Gasteiger partial charge is 0.323 e. The van der Waals surface area contributed by atoms with Crippen LogP contribution in [0.15, 0.2) is 17.0 Å². The lowest BCUT2D eigenvalue weighted by Gasteiger charge is -2.03. The molecule has 13 heavy (non-hydrogen) atoms. The summed E-state index contributed by atoms with van der Waals surface area (Å²) in [5.74, 6) is -1.11. The van der Waals surface area contributed by atoms with E-state index in [1.165, 1.54) is 0 Å². The van der Waals surface area contributed by atoms with Gasteiger partial charge in [0.25, 0.3) is 0 Å². The highest BCUT2D eigenvalue weighted by Crippen LogP contribution is 2.32. The molecule has 1 aliphatic rings. The van der Waals surface area contributed by atoms with Gasteiger partial charge in [-0.05, 0) is 12.1 Å². The molecule has 0 radical (unpaired) electrons. The van der Waals surface area contributed by atoms with E-state index in [1.54, 1.807) is 0 Å². The number of hydrogen-bond acceptors (Lipinski definition) is 2. The van der Waals surface area contributed by atoms with E-state index in [1.807, 2.05) is 0 Å². The molecule has 0 amide bonds. The number of fused-ring (bicyclic) bond motifs is 1.